The number of ether oxygens (including phenoxy) is 1. The molecule has 3 atom stereocenters. The summed E-state index contributed by atoms with van der Waals surface area (Å²) in [6, 6.07) is 6.83. The summed E-state index contributed by atoms with van der Waals surface area (Å²) in [6.07, 6.45) is 3.35. The van der Waals surface area contributed by atoms with Gasteiger partial charge < -0.3 is 14.7 Å². The Kier molecular flexibility index (Phi) is 5.94. The van der Waals surface area contributed by atoms with E-state index < -0.39 is 5.97 Å². The molecule has 0 bridgehead atoms. The van der Waals surface area contributed by atoms with E-state index in [-0.39, 0.29) is 41.9 Å². The monoisotopic (exact) mass is 312 g/mol. The molecule has 5 heteroatoms. The summed E-state index contributed by atoms with van der Waals surface area (Å²) in [5, 5.41) is 9.05. The standard InChI is InChI=1S/C17H23NO3.Na/c1-18-10-11(7-17(19)20)6-13-8-14-12(9-15(13)18)4-3-5-16(14)21-2;/h3-5,11,13,15H,6-10H2,1-2H3,(H,19,20);/t11-,13+,15+;/m0./s1. The maximum absolute atomic E-state index is 11.0. The summed E-state index contributed by atoms with van der Waals surface area (Å²) in [6.45, 7) is 0.896. The van der Waals surface area contributed by atoms with Crippen LogP contribution in [0.1, 0.15) is 24.0 Å². The average molecular weight is 312 g/mol. The fourth-order valence-corrected chi connectivity index (χ4v) is 4.21. The minimum atomic E-state index is -0.680. The van der Waals surface area contributed by atoms with E-state index in [4.69, 9.17) is 9.84 Å². The van der Waals surface area contributed by atoms with Crippen LogP contribution in [0.2, 0.25) is 0 Å². The first kappa shape index (κ1) is 17.8. The van der Waals surface area contributed by atoms with Gasteiger partial charge in [-0.15, -0.1) is 0 Å². The van der Waals surface area contributed by atoms with Gasteiger partial charge in [-0.25, -0.2) is 0 Å². The van der Waals surface area contributed by atoms with Crippen molar-refractivity contribution >= 4 is 35.5 Å². The van der Waals surface area contributed by atoms with Crippen LogP contribution in [-0.2, 0) is 17.6 Å². The smallest absolute Gasteiger partial charge is 0.303 e. The second-order valence-corrected chi connectivity index (χ2v) is 6.47. The van der Waals surface area contributed by atoms with Gasteiger partial charge in [0.15, 0.2) is 0 Å². The third-order valence-electron chi connectivity index (χ3n) is 5.10. The molecule has 0 saturated carbocycles. The van der Waals surface area contributed by atoms with Crippen molar-refractivity contribution in [3.05, 3.63) is 29.3 Å². The second kappa shape index (κ2) is 7.35. The van der Waals surface area contributed by atoms with Crippen LogP contribution in [0.25, 0.3) is 0 Å². The fraction of sp³-hybridized carbons (Fsp3) is 0.588. The van der Waals surface area contributed by atoms with Crippen molar-refractivity contribution in [2.45, 2.75) is 31.7 Å². The van der Waals surface area contributed by atoms with Gasteiger partial charge >= 0.3 is 5.97 Å². The molecule has 1 saturated heterocycles. The van der Waals surface area contributed by atoms with Crippen molar-refractivity contribution in [2.24, 2.45) is 11.8 Å². The van der Waals surface area contributed by atoms with Crippen LogP contribution in [0.4, 0.5) is 0 Å². The number of hydrogen-bond donors (Lipinski definition) is 1. The Morgan fingerprint density at radius 3 is 2.86 bits per heavy atom. The number of carboxylic acids is 1. The Balaban J connectivity index is 0.00000176. The van der Waals surface area contributed by atoms with Gasteiger partial charge in [0, 0.05) is 48.6 Å². The Morgan fingerprint density at radius 2 is 2.18 bits per heavy atom. The Hall–Kier alpha value is -0.550. The Labute approximate surface area is 154 Å². The molecule has 1 aromatic rings. The largest absolute Gasteiger partial charge is 0.496 e. The number of hydrogen-bond acceptors (Lipinski definition) is 3. The maximum atomic E-state index is 11.0. The number of rotatable bonds is 3. The summed E-state index contributed by atoms with van der Waals surface area (Å²) in [5.74, 6) is 1.11. The number of fused-ring (bicyclic) bond motifs is 2. The Morgan fingerprint density at radius 1 is 1.41 bits per heavy atom. The molecule has 1 fully saturated rings. The number of aliphatic carboxylic acids is 1. The maximum Gasteiger partial charge on any atom is 0.303 e. The van der Waals surface area contributed by atoms with Gasteiger partial charge in [0.2, 0.25) is 0 Å². The summed E-state index contributed by atoms with van der Waals surface area (Å²) in [5.41, 5.74) is 2.71. The molecule has 0 unspecified atom stereocenters. The van der Waals surface area contributed by atoms with Crippen molar-refractivity contribution in [3.63, 3.8) is 0 Å². The van der Waals surface area contributed by atoms with Crippen molar-refractivity contribution in [1.29, 1.82) is 0 Å². The molecule has 115 valence electrons. The number of piperidine rings is 1. The van der Waals surface area contributed by atoms with Crippen LogP contribution < -0.4 is 4.74 Å². The average Bonchev–Trinajstić information content (AvgIpc) is 2.44. The van der Waals surface area contributed by atoms with E-state index in [0.717, 1.165) is 31.6 Å². The molecule has 2 aliphatic rings. The summed E-state index contributed by atoms with van der Waals surface area (Å²) in [4.78, 5) is 13.4. The zero-order valence-electron chi connectivity index (χ0n) is 13.7. The van der Waals surface area contributed by atoms with E-state index >= 15 is 0 Å². The molecular weight excluding hydrogens is 289 g/mol. The molecule has 3 rings (SSSR count). The van der Waals surface area contributed by atoms with Crippen molar-refractivity contribution in [2.75, 3.05) is 20.7 Å². The van der Waals surface area contributed by atoms with Crippen molar-refractivity contribution in [1.82, 2.24) is 4.90 Å². The van der Waals surface area contributed by atoms with Gasteiger partial charge in [0.05, 0.1) is 7.11 Å². The SMILES string of the molecule is COc1cccc2c1C[C@H]1C[C@@H](CC(=O)O)CN(C)[C@@H]1C2.[Na]. The summed E-state index contributed by atoms with van der Waals surface area (Å²) in [7, 11) is 3.86. The molecule has 22 heavy (non-hydrogen) atoms. The molecule has 0 aromatic heterocycles. The normalized spacial score (nSPS) is 27.3. The molecule has 1 aliphatic heterocycles. The topological polar surface area (TPSA) is 49.8 Å². The zero-order chi connectivity index (χ0) is 15.0. The molecular formula is C17H23NNaO3. The molecule has 1 heterocycles. The van der Waals surface area contributed by atoms with E-state index in [9.17, 15) is 4.79 Å². The number of methoxy groups -OCH3 is 1. The van der Waals surface area contributed by atoms with Crippen LogP contribution in [0.15, 0.2) is 18.2 Å². The van der Waals surface area contributed by atoms with E-state index in [1.54, 1.807) is 7.11 Å². The van der Waals surface area contributed by atoms with Gasteiger partial charge in [0.25, 0.3) is 0 Å². The third kappa shape index (κ3) is 3.51. The van der Waals surface area contributed by atoms with Crippen LogP contribution >= 0.6 is 0 Å². The first-order valence-electron chi connectivity index (χ1n) is 7.65. The molecule has 0 spiro atoms. The van der Waals surface area contributed by atoms with Gasteiger partial charge in [-0.2, -0.15) is 0 Å². The van der Waals surface area contributed by atoms with Gasteiger partial charge in [-0.05, 0) is 55.3 Å². The minimum absolute atomic E-state index is 0. The number of likely N-dealkylation sites (N-methyl/N-ethyl adjacent to an activating group) is 1. The molecule has 1 N–H and O–H groups in total. The third-order valence-corrected chi connectivity index (χ3v) is 5.10. The van der Waals surface area contributed by atoms with Gasteiger partial charge in [-0.1, -0.05) is 12.1 Å². The molecule has 4 nitrogen and oxygen atoms in total. The van der Waals surface area contributed by atoms with E-state index in [2.05, 4.69) is 24.1 Å². The van der Waals surface area contributed by atoms with Crippen LogP contribution in [0.5, 0.6) is 5.75 Å². The summed E-state index contributed by atoms with van der Waals surface area (Å²) >= 11 is 0. The van der Waals surface area contributed by atoms with Crippen molar-refractivity contribution < 1.29 is 14.6 Å². The molecule has 1 aromatic carbocycles. The fourth-order valence-electron chi connectivity index (χ4n) is 4.21. The van der Waals surface area contributed by atoms with Crippen LogP contribution in [0.3, 0.4) is 0 Å². The number of benzene rings is 1. The molecule has 1 aliphatic carbocycles. The van der Waals surface area contributed by atoms with E-state index in [1.165, 1.54) is 11.1 Å². The predicted molar refractivity (Wildman–Crippen MR) is 86.4 cm³/mol. The van der Waals surface area contributed by atoms with E-state index in [0.29, 0.717) is 12.0 Å². The van der Waals surface area contributed by atoms with Crippen LogP contribution in [-0.4, -0.2) is 72.3 Å². The Bertz CT molecular complexity index is 549. The summed E-state index contributed by atoms with van der Waals surface area (Å²) < 4.78 is 5.50. The number of nitrogens with zero attached hydrogens (tertiary/aromatic N) is 1. The quantitative estimate of drug-likeness (QED) is 0.865. The minimum Gasteiger partial charge on any atom is -0.496 e. The molecule has 1 radical (unpaired) electrons. The number of carboxylic acid groups (broad SMARTS) is 1. The first-order chi connectivity index (χ1) is 10.1. The first-order valence-corrected chi connectivity index (χ1v) is 7.65. The van der Waals surface area contributed by atoms with Gasteiger partial charge in [-0.3, -0.25) is 4.79 Å². The number of likely N-dealkylation sites (tertiary alicyclic amines) is 1. The zero-order valence-corrected chi connectivity index (χ0v) is 15.7. The van der Waals surface area contributed by atoms with Gasteiger partial charge in [0.1, 0.15) is 5.75 Å². The second-order valence-electron chi connectivity index (χ2n) is 6.47. The van der Waals surface area contributed by atoms with Crippen LogP contribution in [0, 0.1) is 11.8 Å². The van der Waals surface area contributed by atoms with Crippen molar-refractivity contribution in [3.8, 4) is 5.75 Å². The van der Waals surface area contributed by atoms with E-state index in [1.807, 2.05) is 6.07 Å². The molecule has 0 amide bonds. The number of carbonyl (C=O) groups is 1. The predicted octanol–water partition coefficient (Wildman–Crippen LogP) is 1.82.